The van der Waals surface area contributed by atoms with Gasteiger partial charge in [-0.1, -0.05) is 6.07 Å². The first-order valence-electron chi connectivity index (χ1n) is 9.90. The molecule has 31 heavy (non-hydrogen) atoms. The van der Waals surface area contributed by atoms with Crippen molar-refractivity contribution in [1.29, 1.82) is 0 Å². The number of aliphatic hydroxyl groups is 2. The van der Waals surface area contributed by atoms with Gasteiger partial charge < -0.3 is 24.6 Å². The van der Waals surface area contributed by atoms with Gasteiger partial charge in [0.25, 0.3) is 5.69 Å². The smallest absolute Gasteiger partial charge is 0.301 e. The molecule has 6 rings (SSSR count). The highest BCUT2D eigenvalue weighted by Crippen LogP contribution is 2.40. The third-order valence-corrected chi connectivity index (χ3v) is 6.11. The van der Waals surface area contributed by atoms with Crippen LogP contribution in [0, 0.1) is 10.1 Å². The largest absolute Gasteiger partial charge is 0.462 e. The van der Waals surface area contributed by atoms with Gasteiger partial charge in [-0.05, 0) is 17.5 Å². The average molecular weight is 426 g/mol. The normalized spacial score (nSPS) is 26.8. The van der Waals surface area contributed by atoms with Gasteiger partial charge >= 0.3 is 6.01 Å². The summed E-state index contributed by atoms with van der Waals surface area (Å²) in [6.45, 7) is 1.15. The van der Waals surface area contributed by atoms with Gasteiger partial charge in [-0.3, -0.25) is 10.1 Å². The number of non-ortho nitro benzene ring substituents is 1. The second kappa shape index (κ2) is 6.57. The highest BCUT2D eigenvalue weighted by atomic mass is 16.6. The Morgan fingerprint density at radius 2 is 2.06 bits per heavy atom. The van der Waals surface area contributed by atoms with Crippen molar-refractivity contribution >= 4 is 22.7 Å². The Morgan fingerprint density at radius 1 is 1.19 bits per heavy atom. The zero-order valence-electron chi connectivity index (χ0n) is 16.2. The SMILES string of the molecule is O=[N+]([O-])c1ccc2c(c1)CN(c1ncnc3c1nc1n3[C@@H]3O[C@H](CO1)[C@@H](O)[C@H]3O)CC2. The molecular weight excluding hydrogens is 408 g/mol. The molecule has 2 aromatic heterocycles. The van der Waals surface area contributed by atoms with E-state index in [1.54, 1.807) is 16.7 Å². The van der Waals surface area contributed by atoms with E-state index < -0.39 is 29.5 Å². The molecule has 0 saturated carbocycles. The van der Waals surface area contributed by atoms with Crippen molar-refractivity contribution in [3.05, 3.63) is 45.8 Å². The maximum Gasteiger partial charge on any atom is 0.301 e. The van der Waals surface area contributed by atoms with Crippen LogP contribution in [-0.2, 0) is 17.7 Å². The predicted molar refractivity (Wildman–Crippen MR) is 105 cm³/mol. The summed E-state index contributed by atoms with van der Waals surface area (Å²) in [6, 6.07) is 5.15. The molecule has 0 aliphatic carbocycles. The molecule has 160 valence electrons. The standard InChI is InChI=1S/C19H18N6O6/c26-14-12-7-30-19-22-13-16(20-8-21-17(13)24(19)18(31-12)15(14)27)23-4-3-9-1-2-11(25(28)29)5-10(9)6-23/h1-2,5,8,12,14-15,18,26-27H,3-4,6-7H2/t12-,14-,15-,18-/m1/s1. The Morgan fingerprint density at radius 3 is 2.90 bits per heavy atom. The number of nitro groups is 1. The molecule has 1 aromatic carbocycles. The van der Waals surface area contributed by atoms with Crippen LogP contribution in [0.1, 0.15) is 17.4 Å². The van der Waals surface area contributed by atoms with Gasteiger partial charge in [0.15, 0.2) is 23.2 Å². The first-order valence-corrected chi connectivity index (χ1v) is 9.90. The van der Waals surface area contributed by atoms with Crippen molar-refractivity contribution in [2.45, 2.75) is 37.5 Å². The summed E-state index contributed by atoms with van der Waals surface area (Å²) in [6.07, 6.45) is -1.60. The molecule has 0 unspecified atom stereocenters. The van der Waals surface area contributed by atoms with E-state index in [2.05, 4.69) is 15.0 Å². The Kier molecular flexibility index (Phi) is 3.91. The second-order valence-electron chi connectivity index (χ2n) is 7.87. The van der Waals surface area contributed by atoms with Gasteiger partial charge in [0.2, 0.25) is 0 Å². The Balaban J connectivity index is 1.42. The molecule has 3 aliphatic rings. The van der Waals surface area contributed by atoms with Crippen molar-refractivity contribution in [2.24, 2.45) is 0 Å². The van der Waals surface area contributed by atoms with Crippen molar-refractivity contribution in [3.8, 4) is 6.01 Å². The summed E-state index contributed by atoms with van der Waals surface area (Å²) in [4.78, 5) is 26.1. The molecule has 12 nitrogen and oxygen atoms in total. The Labute approximate surface area is 174 Å². The van der Waals surface area contributed by atoms with E-state index in [1.807, 2.05) is 4.90 Å². The van der Waals surface area contributed by atoms with Gasteiger partial charge in [0.1, 0.15) is 31.2 Å². The predicted octanol–water partition coefficient (Wildman–Crippen LogP) is 0.309. The lowest BCUT2D eigenvalue weighted by Crippen LogP contribution is -2.36. The molecule has 0 spiro atoms. The number of aromatic nitrogens is 4. The van der Waals surface area contributed by atoms with E-state index in [4.69, 9.17) is 9.47 Å². The Hall–Kier alpha value is -3.35. The van der Waals surface area contributed by atoms with E-state index in [1.165, 1.54) is 12.4 Å². The van der Waals surface area contributed by atoms with Crippen LogP contribution in [0.2, 0.25) is 0 Å². The highest BCUT2D eigenvalue weighted by Gasteiger charge is 2.48. The number of benzene rings is 1. The van der Waals surface area contributed by atoms with E-state index >= 15 is 0 Å². The number of ether oxygens (including phenoxy) is 2. The molecule has 1 fully saturated rings. The number of imidazole rings is 1. The number of anilines is 1. The van der Waals surface area contributed by atoms with E-state index in [-0.39, 0.29) is 18.3 Å². The van der Waals surface area contributed by atoms with Crippen LogP contribution in [0.25, 0.3) is 11.2 Å². The molecule has 3 aliphatic heterocycles. The van der Waals surface area contributed by atoms with Crippen LogP contribution in [0.4, 0.5) is 11.5 Å². The van der Waals surface area contributed by atoms with Gasteiger partial charge in [-0.15, -0.1) is 0 Å². The number of aliphatic hydroxyl groups excluding tert-OH is 2. The van der Waals surface area contributed by atoms with Gasteiger partial charge in [0.05, 0.1) is 4.92 Å². The molecule has 0 radical (unpaired) electrons. The zero-order valence-corrected chi connectivity index (χ0v) is 16.2. The van der Waals surface area contributed by atoms with Gasteiger partial charge in [-0.2, -0.15) is 4.98 Å². The van der Waals surface area contributed by atoms with Crippen LogP contribution < -0.4 is 9.64 Å². The number of hydrogen-bond donors (Lipinski definition) is 2. The molecule has 2 bridgehead atoms. The third kappa shape index (κ3) is 2.69. The minimum atomic E-state index is -1.13. The lowest BCUT2D eigenvalue weighted by molar-refractivity contribution is -0.384. The molecular formula is C19H18N6O6. The van der Waals surface area contributed by atoms with Crippen LogP contribution in [0.15, 0.2) is 24.5 Å². The summed E-state index contributed by atoms with van der Waals surface area (Å²) in [7, 11) is 0. The van der Waals surface area contributed by atoms with Crippen LogP contribution in [-0.4, -0.2) is 66.1 Å². The first-order chi connectivity index (χ1) is 15.0. The first kappa shape index (κ1) is 18.4. The van der Waals surface area contributed by atoms with E-state index in [0.29, 0.717) is 36.5 Å². The molecule has 1 saturated heterocycles. The van der Waals surface area contributed by atoms with E-state index in [9.17, 15) is 20.3 Å². The number of nitro benzene ring substituents is 1. The van der Waals surface area contributed by atoms with Gasteiger partial charge in [0, 0.05) is 25.2 Å². The Bertz CT molecular complexity index is 1210. The lowest BCUT2D eigenvalue weighted by Gasteiger charge is -2.29. The molecule has 5 heterocycles. The summed E-state index contributed by atoms with van der Waals surface area (Å²) in [5.41, 5.74) is 2.88. The summed E-state index contributed by atoms with van der Waals surface area (Å²) in [5.74, 6) is 0.566. The molecule has 0 amide bonds. The van der Waals surface area contributed by atoms with Crippen molar-refractivity contribution in [1.82, 2.24) is 19.5 Å². The number of fused-ring (bicyclic) bond motifs is 7. The zero-order chi connectivity index (χ0) is 21.3. The molecule has 12 heteroatoms. The fourth-order valence-electron chi connectivity index (χ4n) is 4.51. The third-order valence-electron chi connectivity index (χ3n) is 6.11. The summed E-state index contributed by atoms with van der Waals surface area (Å²) in [5, 5.41) is 31.8. The number of rotatable bonds is 2. The lowest BCUT2D eigenvalue weighted by atomic mass is 9.99. The fourth-order valence-corrected chi connectivity index (χ4v) is 4.51. The van der Waals surface area contributed by atoms with E-state index in [0.717, 1.165) is 11.1 Å². The second-order valence-corrected chi connectivity index (χ2v) is 7.87. The quantitative estimate of drug-likeness (QED) is 0.433. The summed E-state index contributed by atoms with van der Waals surface area (Å²) >= 11 is 0. The molecule has 2 N–H and O–H groups in total. The molecule has 4 atom stereocenters. The van der Waals surface area contributed by atoms with Crippen LogP contribution in [0.3, 0.4) is 0 Å². The average Bonchev–Trinajstić information content (AvgIpc) is 3.20. The van der Waals surface area contributed by atoms with Crippen LogP contribution in [0.5, 0.6) is 6.01 Å². The monoisotopic (exact) mass is 426 g/mol. The molecule has 3 aromatic rings. The maximum atomic E-state index is 11.2. The van der Waals surface area contributed by atoms with Gasteiger partial charge in [-0.25, -0.2) is 14.5 Å². The van der Waals surface area contributed by atoms with Crippen molar-refractivity contribution in [2.75, 3.05) is 18.1 Å². The van der Waals surface area contributed by atoms with Crippen molar-refractivity contribution < 1.29 is 24.6 Å². The number of nitrogens with zero attached hydrogens (tertiary/aromatic N) is 6. The topological polar surface area (TPSA) is 149 Å². The van der Waals surface area contributed by atoms with Crippen molar-refractivity contribution in [3.63, 3.8) is 0 Å². The minimum absolute atomic E-state index is 0.0519. The highest BCUT2D eigenvalue weighted by molar-refractivity contribution is 5.84. The number of hydrogen-bond acceptors (Lipinski definition) is 10. The minimum Gasteiger partial charge on any atom is -0.462 e. The fraction of sp³-hybridized carbons (Fsp3) is 0.421. The maximum absolute atomic E-state index is 11.2. The van der Waals surface area contributed by atoms with Crippen LogP contribution >= 0.6 is 0 Å². The summed E-state index contributed by atoms with van der Waals surface area (Å²) < 4.78 is 13.0.